The fourth-order valence-electron chi connectivity index (χ4n) is 3.50. The van der Waals surface area contributed by atoms with E-state index in [1.54, 1.807) is 7.11 Å². The maximum absolute atomic E-state index is 13.0. The zero-order valence-corrected chi connectivity index (χ0v) is 15.5. The van der Waals surface area contributed by atoms with Crippen molar-refractivity contribution in [2.75, 3.05) is 40.3 Å². The van der Waals surface area contributed by atoms with E-state index < -0.39 is 0 Å². The monoisotopic (exact) mass is 353 g/mol. The minimum absolute atomic E-state index is 0.00229. The summed E-state index contributed by atoms with van der Waals surface area (Å²) in [6.45, 7) is 3.44. The quantitative estimate of drug-likeness (QED) is 0.866. The Morgan fingerprint density at radius 2 is 1.92 bits per heavy atom. The van der Waals surface area contributed by atoms with Crippen molar-refractivity contribution in [1.29, 1.82) is 0 Å². The molecule has 0 spiro atoms. The van der Waals surface area contributed by atoms with Crippen LogP contribution in [0.3, 0.4) is 0 Å². The summed E-state index contributed by atoms with van der Waals surface area (Å²) in [6, 6.07) is 18.2. The number of carbonyl (C=O) groups excluding carboxylic acids is 1. The van der Waals surface area contributed by atoms with E-state index in [0.717, 1.165) is 30.9 Å². The summed E-state index contributed by atoms with van der Waals surface area (Å²) in [4.78, 5) is 17.0. The Morgan fingerprint density at radius 1 is 1.19 bits per heavy atom. The minimum atomic E-state index is -0.00229. The van der Waals surface area contributed by atoms with Crippen LogP contribution in [0, 0.1) is 0 Å². The molecule has 0 saturated carbocycles. The summed E-state index contributed by atoms with van der Waals surface area (Å²) in [5.41, 5.74) is 2.27. The van der Waals surface area contributed by atoms with Crippen molar-refractivity contribution >= 4 is 5.91 Å². The Hall–Kier alpha value is -2.37. The van der Waals surface area contributed by atoms with Crippen LogP contribution in [0.25, 0.3) is 0 Å². The molecule has 0 aromatic heterocycles. The molecule has 5 heteroatoms. The van der Waals surface area contributed by atoms with Crippen molar-refractivity contribution in [3.8, 4) is 5.75 Å². The van der Waals surface area contributed by atoms with Crippen molar-refractivity contribution < 1.29 is 9.53 Å². The normalized spacial score (nSPS) is 17.3. The SMILES string of the molecule is COc1ccccc1C1CNCCN1C(=O)CN(C)Cc1ccccc1. The number of nitrogens with one attached hydrogen (secondary N) is 1. The number of likely N-dealkylation sites (N-methyl/N-ethyl adjacent to an activating group) is 1. The minimum Gasteiger partial charge on any atom is -0.496 e. The van der Waals surface area contributed by atoms with Gasteiger partial charge in [0.2, 0.25) is 5.91 Å². The third kappa shape index (κ3) is 4.42. The Morgan fingerprint density at radius 3 is 2.69 bits per heavy atom. The van der Waals surface area contributed by atoms with Gasteiger partial charge in [-0.3, -0.25) is 9.69 Å². The molecule has 1 saturated heterocycles. The average molecular weight is 353 g/mol. The van der Waals surface area contributed by atoms with Crippen LogP contribution in [0.4, 0.5) is 0 Å². The van der Waals surface area contributed by atoms with Gasteiger partial charge >= 0.3 is 0 Å². The Balaban J connectivity index is 1.70. The summed E-state index contributed by atoms with van der Waals surface area (Å²) in [5, 5.41) is 3.40. The highest BCUT2D eigenvalue weighted by Crippen LogP contribution is 2.30. The van der Waals surface area contributed by atoms with Crippen LogP contribution in [0.5, 0.6) is 5.75 Å². The van der Waals surface area contributed by atoms with Gasteiger partial charge in [-0.25, -0.2) is 0 Å². The van der Waals surface area contributed by atoms with E-state index in [2.05, 4.69) is 22.3 Å². The van der Waals surface area contributed by atoms with Gasteiger partial charge < -0.3 is 15.0 Å². The second-order valence-corrected chi connectivity index (χ2v) is 6.71. The summed E-state index contributed by atoms with van der Waals surface area (Å²) >= 11 is 0. The molecule has 26 heavy (non-hydrogen) atoms. The number of hydrogen-bond donors (Lipinski definition) is 1. The van der Waals surface area contributed by atoms with Gasteiger partial charge in [0.25, 0.3) is 0 Å². The number of nitrogens with zero attached hydrogens (tertiary/aromatic N) is 2. The molecule has 3 rings (SSSR count). The molecule has 138 valence electrons. The smallest absolute Gasteiger partial charge is 0.237 e. The summed E-state index contributed by atoms with van der Waals surface area (Å²) in [7, 11) is 3.67. The van der Waals surface area contributed by atoms with Crippen LogP contribution >= 0.6 is 0 Å². The molecule has 2 aromatic rings. The van der Waals surface area contributed by atoms with E-state index in [1.807, 2.05) is 54.4 Å². The largest absolute Gasteiger partial charge is 0.496 e. The molecule has 1 N–H and O–H groups in total. The van der Waals surface area contributed by atoms with E-state index in [9.17, 15) is 4.79 Å². The number of methoxy groups -OCH3 is 1. The molecule has 0 bridgehead atoms. The number of rotatable bonds is 6. The zero-order chi connectivity index (χ0) is 18.4. The Bertz CT molecular complexity index is 720. The second-order valence-electron chi connectivity index (χ2n) is 6.71. The third-order valence-corrected chi connectivity index (χ3v) is 4.76. The highest BCUT2D eigenvalue weighted by atomic mass is 16.5. The van der Waals surface area contributed by atoms with Crippen LogP contribution in [0.1, 0.15) is 17.2 Å². The summed E-state index contributed by atoms with van der Waals surface area (Å²) < 4.78 is 5.51. The van der Waals surface area contributed by atoms with Gasteiger partial charge in [0.15, 0.2) is 0 Å². The number of amides is 1. The lowest BCUT2D eigenvalue weighted by Gasteiger charge is -2.38. The first-order chi connectivity index (χ1) is 12.7. The van der Waals surface area contributed by atoms with Gasteiger partial charge in [-0.2, -0.15) is 0 Å². The molecule has 1 heterocycles. The van der Waals surface area contributed by atoms with E-state index in [-0.39, 0.29) is 11.9 Å². The molecule has 0 aliphatic carbocycles. The molecule has 1 amide bonds. The standard InChI is InChI=1S/C21H27N3O2/c1-23(15-17-8-4-3-5-9-17)16-21(25)24-13-12-22-14-19(24)18-10-6-7-11-20(18)26-2/h3-11,19,22H,12-16H2,1-2H3. The molecular formula is C21H27N3O2. The highest BCUT2D eigenvalue weighted by molar-refractivity contribution is 5.79. The van der Waals surface area contributed by atoms with Crippen molar-refractivity contribution in [2.24, 2.45) is 0 Å². The van der Waals surface area contributed by atoms with Crippen LogP contribution in [0.2, 0.25) is 0 Å². The fraction of sp³-hybridized carbons (Fsp3) is 0.381. The number of piperazine rings is 1. The zero-order valence-electron chi connectivity index (χ0n) is 15.5. The van der Waals surface area contributed by atoms with E-state index in [1.165, 1.54) is 5.56 Å². The first-order valence-electron chi connectivity index (χ1n) is 9.04. The lowest BCUT2D eigenvalue weighted by Crippen LogP contribution is -2.51. The van der Waals surface area contributed by atoms with Gasteiger partial charge in [-0.15, -0.1) is 0 Å². The first kappa shape index (κ1) is 18.4. The van der Waals surface area contributed by atoms with E-state index in [4.69, 9.17) is 4.74 Å². The lowest BCUT2D eigenvalue weighted by molar-refractivity contribution is -0.135. The first-order valence-corrected chi connectivity index (χ1v) is 9.04. The number of ether oxygens (including phenoxy) is 1. The van der Waals surface area contributed by atoms with Crippen LogP contribution in [0.15, 0.2) is 54.6 Å². The van der Waals surface area contributed by atoms with E-state index in [0.29, 0.717) is 13.1 Å². The van der Waals surface area contributed by atoms with Gasteiger partial charge in [0, 0.05) is 31.7 Å². The molecule has 1 fully saturated rings. The van der Waals surface area contributed by atoms with Crippen LogP contribution in [-0.4, -0.2) is 56.0 Å². The maximum Gasteiger partial charge on any atom is 0.237 e. The highest BCUT2D eigenvalue weighted by Gasteiger charge is 2.30. The molecule has 1 atom stereocenters. The number of carbonyl (C=O) groups is 1. The molecule has 2 aromatic carbocycles. The summed E-state index contributed by atoms with van der Waals surface area (Å²) in [5.74, 6) is 0.984. The number of para-hydroxylation sites is 1. The lowest BCUT2D eigenvalue weighted by atomic mass is 10.0. The van der Waals surface area contributed by atoms with Crippen LogP contribution in [-0.2, 0) is 11.3 Å². The molecule has 0 radical (unpaired) electrons. The second kappa shape index (κ2) is 8.83. The van der Waals surface area contributed by atoms with Crippen LogP contribution < -0.4 is 10.1 Å². The van der Waals surface area contributed by atoms with Gasteiger partial charge in [0.1, 0.15) is 5.75 Å². The Kier molecular flexibility index (Phi) is 6.26. The topological polar surface area (TPSA) is 44.8 Å². The van der Waals surface area contributed by atoms with Crippen molar-refractivity contribution in [3.63, 3.8) is 0 Å². The number of benzene rings is 2. The molecular weight excluding hydrogens is 326 g/mol. The molecule has 1 unspecified atom stereocenters. The van der Waals surface area contributed by atoms with E-state index >= 15 is 0 Å². The van der Waals surface area contributed by atoms with Gasteiger partial charge in [-0.1, -0.05) is 48.5 Å². The predicted octanol–water partition coefficient (Wildman–Crippen LogP) is 2.30. The number of hydrogen-bond acceptors (Lipinski definition) is 4. The van der Waals surface area contributed by atoms with Gasteiger partial charge in [0.05, 0.1) is 19.7 Å². The summed E-state index contributed by atoms with van der Waals surface area (Å²) in [6.07, 6.45) is 0. The van der Waals surface area contributed by atoms with Crippen molar-refractivity contribution in [3.05, 3.63) is 65.7 Å². The van der Waals surface area contributed by atoms with Crippen molar-refractivity contribution in [2.45, 2.75) is 12.6 Å². The maximum atomic E-state index is 13.0. The van der Waals surface area contributed by atoms with Crippen molar-refractivity contribution in [1.82, 2.24) is 15.1 Å². The fourth-order valence-corrected chi connectivity index (χ4v) is 3.50. The molecule has 1 aliphatic heterocycles. The molecule has 5 nitrogen and oxygen atoms in total. The Labute approximate surface area is 155 Å². The predicted molar refractivity (Wildman–Crippen MR) is 103 cm³/mol. The molecule has 1 aliphatic rings. The third-order valence-electron chi connectivity index (χ3n) is 4.76. The average Bonchev–Trinajstić information content (AvgIpc) is 2.68. The van der Waals surface area contributed by atoms with Gasteiger partial charge in [-0.05, 0) is 18.7 Å².